The smallest absolute Gasteiger partial charge is 0.228 e. The van der Waals surface area contributed by atoms with Crippen LogP contribution in [-0.2, 0) is 11.2 Å². The number of halogens is 1. The van der Waals surface area contributed by atoms with Crippen molar-refractivity contribution in [3.05, 3.63) is 72.2 Å². The zero-order chi connectivity index (χ0) is 14.1. The molecular formula is C16H18FNO. The largest absolute Gasteiger partial charge is 0.326 e. The predicted molar refractivity (Wildman–Crippen MR) is 76.0 cm³/mol. The van der Waals surface area contributed by atoms with Crippen LogP contribution in [0, 0.1) is 5.82 Å². The lowest BCUT2D eigenvalue weighted by Crippen LogP contribution is -2.23. The number of allylic oxidation sites excluding steroid dienone is 4. The van der Waals surface area contributed by atoms with Crippen LogP contribution in [0.15, 0.2) is 60.8 Å². The Morgan fingerprint density at radius 3 is 2.63 bits per heavy atom. The van der Waals surface area contributed by atoms with E-state index in [2.05, 4.69) is 11.9 Å². The molecule has 0 aliphatic carbocycles. The Labute approximate surface area is 113 Å². The molecule has 100 valence electrons. The zero-order valence-corrected chi connectivity index (χ0v) is 11.0. The number of rotatable bonds is 6. The lowest BCUT2D eigenvalue weighted by Gasteiger charge is -2.06. The number of amides is 1. The highest BCUT2D eigenvalue weighted by molar-refractivity contribution is 5.80. The molecule has 0 saturated carbocycles. The van der Waals surface area contributed by atoms with Gasteiger partial charge < -0.3 is 5.32 Å². The normalized spacial score (nSPS) is 11.6. The molecule has 1 aromatic carbocycles. The van der Waals surface area contributed by atoms with Gasteiger partial charge in [0.05, 0.1) is 6.42 Å². The molecule has 0 heterocycles. The molecule has 1 rings (SSSR count). The second kappa shape index (κ2) is 8.03. The minimum absolute atomic E-state index is 0.138. The van der Waals surface area contributed by atoms with Crippen LogP contribution in [0.25, 0.3) is 0 Å². The van der Waals surface area contributed by atoms with E-state index in [1.54, 1.807) is 24.3 Å². The zero-order valence-electron chi connectivity index (χ0n) is 11.0. The van der Waals surface area contributed by atoms with Crippen molar-refractivity contribution in [2.45, 2.75) is 19.8 Å². The summed E-state index contributed by atoms with van der Waals surface area (Å²) in [6, 6.07) is 5.90. The van der Waals surface area contributed by atoms with Crippen LogP contribution in [-0.4, -0.2) is 5.91 Å². The number of hydrogen-bond donors (Lipinski definition) is 1. The highest BCUT2D eigenvalue weighted by Crippen LogP contribution is 2.04. The molecule has 0 radical (unpaired) electrons. The third-order valence-corrected chi connectivity index (χ3v) is 2.39. The average Bonchev–Trinajstić information content (AvgIpc) is 2.39. The van der Waals surface area contributed by atoms with Crippen molar-refractivity contribution in [2.75, 3.05) is 0 Å². The van der Waals surface area contributed by atoms with E-state index in [0.717, 1.165) is 12.0 Å². The molecule has 19 heavy (non-hydrogen) atoms. The Bertz CT molecular complexity index is 486. The lowest BCUT2D eigenvalue weighted by atomic mass is 10.1. The summed E-state index contributed by atoms with van der Waals surface area (Å²) in [6.07, 6.45) is 8.25. The Morgan fingerprint density at radius 1 is 1.37 bits per heavy atom. The molecule has 1 N–H and O–H groups in total. The first kappa shape index (κ1) is 14.9. The van der Waals surface area contributed by atoms with Crippen LogP contribution in [0.4, 0.5) is 4.39 Å². The third kappa shape index (κ3) is 5.82. The van der Waals surface area contributed by atoms with Crippen molar-refractivity contribution in [2.24, 2.45) is 0 Å². The van der Waals surface area contributed by atoms with Gasteiger partial charge in [-0.3, -0.25) is 4.79 Å². The Kier molecular flexibility index (Phi) is 6.30. The van der Waals surface area contributed by atoms with Crippen LogP contribution >= 0.6 is 0 Å². The van der Waals surface area contributed by atoms with Crippen molar-refractivity contribution < 1.29 is 9.18 Å². The third-order valence-electron chi connectivity index (χ3n) is 2.39. The summed E-state index contributed by atoms with van der Waals surface area (Å²) in [6.45, 7) is 5.62. The van der Waals surface area contributed by atoms with Crippen molar-refractivity contribution in [1.29, 1.82) is 0 Å². The molecule has 0 aliphatic heterocycles. The molecule has 0 saturated heterocycles. The van der Waals surface area contributed by atoms with Crippen molar-refractivity contribution >= 4 is 5.91 Å². The second-order valence-corrected chi connectivity index (χ2v) is 4.02. The van der Waals surface area contributed by atoms with E-state index in [1.165, 1.54) is 12.1 Å². The van der Waals surface area contributed by atoms with Gasteiger partial charge in [-0.15, -0.1) is 0 Å². The van der Waals surface area contributed by atoms with Crippen LogP contribution in [0.5, 0.6) is 0 Å². The van der Waals surface area contributed by atoms with Crippen molar-refractivity contribution in [1.82, 2.24) is 5.32 Å². The van der Waals surface area contributed by atoms with Gasteiger partial charge in [0.2, 0.25) is 5.91 Å². The molecule has 0 aromatic heterocycles. The van der Waals surface area contributed by atoms with E-state index in [9.17, 15) is 9.18 Å². The summed E-state index contributed by atoms with van der Waals surface area (Å²) in [5.74, 6) is -0.442. The standard InChI is InChI=1S/C16H18FNO/c1-3-5-7-15(6-4-2)18-16(19)12-13-8-10-14(17)11-9-13/h4-11H,2-3,12H2,1H3,(H,18,19)/b7-5-,15-6+. The summed E-state index contributed by atoms with van der Waals surface area (Å²) in [5, 5.41) is 2.79. The van der Waals surface area contributed by atoms with Gasteiger partial charge in [0.25, 0.3) is 0 Å². The topological polar surface area (TPSA) is 29.1 Å². The van der Waals surface area contributed by atoms with Crippen LogP contribution in [0.3, 0.4) is 0 Å². The van der Waals surface area contributed by atoms with E-state index in [4.69, 9.17) is 0 Å². The quantitative estimate of drug-likeness (QED) is 0.778. The Balaban J connectivity index is 2.62. The van der Waals surface area contributed by atoms with Gasteiger partial charge in [-0.25, -0.2) is 4.39 Å². The fourth-order valence-corrected chi connectivity index (χ4v) is 1.50. The second-order valence-electron chi connectivity index (χ2n) is 4.02. The SMILES string of the molecule is C=C/C=C(\C=C/CC)NC(=O)Cc1ccc(F)cc1. The highest BCUT2D eigenvalue weighted by Gasteiger charge is 2.04. The molecule has 0 unspecified atom stereocenters. The summed E-state index contributed by atoms with van der Waals surface area (Å²) in [4.78, 5) is 11.8. The Hall–Kier alpha value is -2.16. The number of benzene rings is 1. The first-order valence-corrected chi connectivity index (χ1v) is 6.19. The van der Waals surface area contributed by atoms with E-state index < -0.39 is 0 Å². The molecule has 3 heteroatoms. The van der Waals surface area contributed by atoms with Crippen molar-refractivity contribution in [3.63, 3.8) is 0 Å². The van der Waals surface area contributed by atoms with Crippen LogP contribution in [0.1, 0.15) is 18.9 Å². The summed E-state index contributed by atoms with van der Waals surface area (Å²) in [5.41, 5.74) is 1.47. The van der Waals surface area contributed by atoms with E-state index in [-0.39, 0.29) is 18.1 Å². The molecule has 0 bridgehead atoms. The molecule has 1 aromatic rings. The maximum atomic E-state index is 12.7. The first-order chi connectivity index (χ1) is 9.15. The predicted octanol–water partition coefficient (Wildman–Crippen LogP) is 3.52. The van der Waals surface area contributed by atoms with E-state index in [0.29, 0.717) is 5.70 Å². The van der Waals surface area contributed by atoms with Gasteiger partial charge in [0, 0.05) is 5.70 Å². The van der Waals surface area contributed by atoms with E-state index in [1.807, 2.05) is 19.1 Å². The monoisotopic (exact) mass is 259 g/mol. The molecule has 0 spiro atoms. The minimum Gasteiger partial charge on any atom is -0.326 e. The number of hydrogen-bond acceptors (Lipinski definition) is 1. The number of carbonyl (C=O) groups is 1. The summed E-state index contributed by atoms with van der Waals surface area (Å²) in [7, 11) is 0. The van der Waals surface area contributed by atoms with Gasteiger partial charge in [-0.05, 0) is 36.3 Å². The van der Waals surface area contributed by atoms with Crippen LogP contribution < -0.4 is 5.32 Å². The fourth-order valence-electron chi connectivity index (χ4n) is 1.50. The Morgan fingerprint density at radius 2 is 2.05 bits per heavy atom. The van der Waals surface area contributed by atoms with Crippen LogP contribution in [0.2, 0.25) is 0 Å². The molecule has 2 nitrogen and oxygen atoms in total. The molecule has 0 fully saturated rings. The van der Waals surface area contributed by atoms with Gasteiger partial charge in [0.15, 0.2) is 0 Å². The van der Waals surface area contributed by atoms with Gasteiger partial charge in [-0.1, -0.05) is 37.8 Å². The number of nitrogens with one attached hydrogen (secondary N) is 1. The fraction of sp³-hybridized carbons (Fsp3) is 0.188. The van der Waals surface area contributed by atoms with E-state index >= 15 is 0 Å². The number of carbonyl (C=O) groups excluding carboxylic acids is 1. The lowest BCUT2D eigenvalue weighted by molar-refractivity contribution is -0.119. The summed E-state index contributed by atoms with van der Waals surface area (Å²) >= 11 is 0. The molecule has 0 atom stereocenters. The van der Waals surface area contributed by atoms with Gasteiger partial charge in [0.1, 0.15) is 5.82 Å². The van der Waals surface area contributed by atoms with Gasteiger partial charge in [-0.2, -0.15) is 0 Å². The average molecular weight is 259 g/mol. The molecule has 0 aliphatic rings. The molecule has 1 amide bonds. The minimum atomic E-state index is -0.303. The molecular weight excluding hydrogens is 241 g/mol. The highest BCUT2D eigenvalue weighted by atomic mass is 19.1. The summed E-state index contributed by atoms with van der Waals surface area (Å²) < 4.78 is 12.7. The maximum absolute atomic E-state index is 12.7. The first-order valence-electron chi connectivity index (χ1n) is 6.19. The maximum Gasteiger partial charge on any atom is 0.228 e. The van der Waals surface area contributed by atoms with Gasteiger partial charge >= 0.3 is 0 Å². The van der Waals surface area contributed by atoms with Crippen molar-refractivity contribution in [3.8, 4) is 0 Å².